The Morgan fingerprint density at radius 1 is 1.14 bits per heavy atom. The Morgan fingerprint density at radius 3 is 2.14 bits per heavy atom. The van der Waals surface area contributed by atoms with Crippen LogP contribution < -0.4 is 4.74 Å². The van der Waals surface area contributed by atoms with Gasteiger partial charge in [-0.25, -0.2) is 0 Å². The molecule has 0 radical (unpaired) electrons. The van der Waals surface area contributed by atoms with Crippen LogP contribution in [0.2, 0.25) is 0 Å². The number of halogens is 3. The molecule has 82 valence electrons. The van der Waals surface area contributed by atoms with Gasteiger partial charge in [-0.05, 0) is 24.6 Å². The van der Waals surface area contributed by atoms with Crippen LogP contribution in [0.3, 0.4) is 0 Å². The number of rotatable bonds is 1. The number of hydrogen-bond donors (Lipinski definition) is 0. The lowest BCUT2D eigenvalue weighted by molar-refractivity contribution is -0.274. The monoisotopic (exact) mass is 208 g/mol. The molecule has 0 heterocycles. The first-order valence-electron chi connectivity index (χ1n) is 3.30. The van der Waals surface area contributed by atoms with Gasteiger partial charge in [0.25, 0.3) is 0 Å². The van der Waals surface area contributed by atoms with E-state index >= 15 is 0 Å². The minimum absolute atomic E-state index is 0. The van der Waals surface area contributed by atoms with Crippen molar-refractivity contribution in [1.29, 1.82) is 0 Å². The van der Waals surface area contributed by atoms with Gasteiger partial charge < -0.3 is 4.74 Å². The molecule has 0 N–H and O–H groups in total. The molecular formula is C10H15F3O. The first-order valence-corrected chi connectivity index (χ1v) is 3.30. The molecule has 0 unspecified atom stereocenters. The maximum atomic E-state index is 11.7. The van der Waals surface area contributed by atoms with Crippen molar-refractivity contribution in [1.82, 2.24) is 0 Å². The van der Waals surface area contributed by atoms with Crippen molar-refractivity contribution < 1.29 is 17.9 Å². The molecule has 0 spiro atoms. The molecule has 0 saturated heterocycles. The lowest BCUT2D eigenvalue weighted by Crippen LogP contribution is -2.17. The fraction of sp³-hybridized carbons (Fsp3) is 0.400. The van der Waals surface area contributed by atoms with Crippen LogP contribution in [0.1, 0.15) is 20.4 Å². The van der Waals surface area contributed by atoms with Crippen LogP contribution in [0.15, 0.2) is 24.3 Å². The van der Waals surface area contributed by atoms with E-state index in [0.29, 0.717) is 0 Å². The van der Waals surface area contributed by atoms with Crippen LogP contribution in [-0.4, -0.2) is 6.36 Å². The van der Waals surface area contributed by atoms with E-state index in [2.05, 4.69) is 4.74 Å². The van der Waals surface area contributed by atoms with E-state index in [1.54, 1.807) is 13.0 Å². The molecule has 0 aliphatic rings. The Kier molecular flexibility index (Phi) is 6.03. The number of hydrogen-bond acceptors (Lipinski definition) is 1. The molecule has 1 nitrogen and oxygen atoms in total. The van der Waals surface area contributed by atoms with Gasteiger partial charge in [0, 0.05) is 0 Å². The highest BCUT2D eigenvalue weighted by Crippen LogP contribution is 2.22. The summed E-state index contributed by atoms with van der Waals surface area (Å²) in [6.45, 7) is 1.70. The molecule has 0 amide bonds. The zero-order chi connectivity index (χ0) is 9.19. The Balaban J connectivity index is 0. The van der Waals surface area contributed by atoms with Gasteiger partial charge in [-0.15, -0.1) is 13.2 Å². The van der Waals surface area contributed by atoms with Crippen molar-refractivity contribution in [2.45, 2.75) is 28.1 Å². The van der Waals surface area contributed by atoms with Crippen molar-refractivity contribution in [3.05, 3.63) is 29.8 Å². The largest absolute Gasteiger partial charge is 0.573 e. The summed E-state index contributed by atoms with van der Waals surface area (Å²) < 4.78 is 38.6. The number of benzene rings is 1. The van der Waals surface area contributed by atoms with Crippen LogP contribution in [0.25, 0.3) is 0 Å². The Labute approximate surface area is 82.5 Å². The fourth-order valence-electron chi connectivity index (χ4n) is 0.812. The number of aryl methyl sites for hydroxylation is 1. The topological polar surface area (TPSA) is 9.23 Å². The van der Waals surface area contributed by atoms with Gasteiger partial charge in [0.05, 0.1) is 0 Å². The van der Waals surface area contributed by atoms with Crippen LogP contribution in [0.5, 0.6) is 5.75 Å². The highest BCUT2D eigenvalue weighted by atomic mass is 19.4. The van der Waals surface area contributed by atoms with Crippen molar-refractivity contribution >= 4 is 0 Å². The molecule has 4 heteroatoms. The minimum atomic E-state index is -4.60. The lowest BCUT2D eigenvalue weighted by Gasteiger charge is -2.08. The quantitative estimate of drug-likeness (QED) is 0.673. The number of alkyl halides is 3. The predicted molar refractivity (Wildman–Crippen MR) is 51.3 cm³/mol. The molecule has 0 aliphatic heterocycles. The van der Waals surface area contributed by atoms with Gasteiger partial charge in [0.15, 0.2) is 0 Å². The first kappa shape index (κ1) is 15.3. The van der Waals surface area contributed by atoms with E-state index in [4.69, 9.17) is 0 Å². The number of ether oxygens (including phenoxy) is 1. The molecule has 0 aromatic heterocycles. The third-order valence-corrected chi connectivity index (χ3v) is 1.22. The molecule has 1 aromatic carbocycles. The Morgan fingerprint density at radius 2 is 1.71 bits per heavy atom. The summed E-state index contributed by atoms with van der Waals surface area (Å²) in [6, 6.07) is 5.80. The van der Waals surface area contributed by atoms with E-state index in [-0.39, 0.29) is 20.6 Å². The third-order valence-electron chi connectivity index (χ3n) is 1.22. The smallest absolute Gasteiger partial charge is 0.406 e. The van der Waals surface area contributed by atoms with Crippen molar-refractivity contribution in [3.63, 3.8) is 0 Å². The average Bonchev–Trinajstić information content (AvgIpc) is 1.82. The second-order valence-corrected chi connectivity index (χ2v) is 2.36. The van der Waals surface area contributed by atoms with E-state index < -0.39 is 6.36 Å². The molecule has 14 heavy (non-hydrogen) atoms. The molecular weight excluding hydrogens is 193 g/mol. The molecule has 0 saturated carbocycles. The van der Waals surface area contributed by atoms with Gasteiger partial charge >= 0.3 is 6.36 Å². The zero-order valence-corrected chi connectivity index (χ0v) is 6.35. The van der Waals surface area contributed by atoms with Gasteiger partial charge in [-0.2, -0.15) is 0 Å². The molecule has 1 rings (SSSR count). The lowest BCUT2D eigenvalue weighted by atomic mass is 10.2. The van der Waals surface area contributed by atoms with Crippen molar-refractivity contribution in [2.24, 2.45) is 0 Å². The summed E-state index contributed by atoms with van der Waals surface area (Å²) >= 11 is 0. The van der Waals surface area contributed by atoms with Crippen LogP contribution in [0.4, 0.5) is 13.2 Å². The van der Waals surface area contributed by atoms with Gasteiger partial charge in [-0.1, -0.05) is 27.0 Å². The van der Waals surface area contributed by atoms with Crippen molar-refractivity contribution in [3.8, 4) is 5.75 Å². The SMILES string of the molecule is C.C.Cc1cccc(OC(F)(F)F)c1. The third kappa shape index (κ3) is 5.45. The molecule has 0 bridgehead atoms. The van der Waals surface area contributed by atoms with E-state index in [1.165, 1.54) is 18.2 Å². The fourth-order valence-corrected chi connectivity index (χ4v) is 0.812. The molecule has 0 atom stereocenters. The normalized spacial score (nSPS) is 9.71. The molecule has 0 aliphatic carbocycles. The summed E-state index contributed by atoms with van der Waals surface area (Å²) in [5.41, 5.74) is 0.733. The van der Waals surface area contributed by atoms with Gasteiger partial charge in [0.2, 0.25) is 0 Å². The van der Waals surface area contributed by atoms with Gasteiger partial charge in [-0.3, -0.25) is 0 Å². The maximum absolute atomic E-state index is 11.7. The van der Waals surface area contributed by atoms with E-state index in [1.807, 2.05) is 0 Å². The summed E-state index contributed by atoms with van der Waals surface area (Å²) in [7, 11) is 0. The summed E-state index contributed by atoms with van der Waals surface area (Å²) in [4.78, 5) is 0. The Bertz CT molecular complexity index is 268. The van der Waals surface area contributed by atoms with Crippen LogP contribution >= 0.6 is 0 Å². The highest BCUT2D eigenvalue weighted by molar-refractivity contribution is 5.27. The van der Waals surface area contributed by atoms with E-state index in [9.17, 15) is 13.2 Å². The van der Waals surface area contributed by atoms with E-state index in [0.717, 1.165) is 5.56 Å². The minimum Gasteiger partial charge on any atom is -0.406 e. The summed E-state index contributed by atoms with van der Waals surface area (Å²) in [5.74, 6) is -0.178. The average molecular weight is 208 g/mol. The standard InChI is InChI=1S/C8H7F3O.2CH4/c1-6-3-2-4-7(5-6)12-8(9,10)11;;/h2-5H,1H3;2*1H4. The van der Waals surface area contributed by atoms with Crippen LogP contribution in [0, 0.1) is 6.92 Å². The van der Waals surface area contributed by atoms with Crippen LogP contribution in [-0.2, 0) is 0 Å². The second-order valence-electron chi connectivity index (χ2n) is 2.36. The molecule has 0 fully saturated rings. The summed E-state index contributed by atoms with van der Waals surface area (Å²) in [6.07, 6.45) is -4.60. The highest BCUT2D eigenvalue weighted by Gasteiger charge is 2.30. The second kappa shape index (κ2) is 5.52. The van der Waals surface area contributed by atoms with Crippen molar-refractivity contribution in [2.75, 3.05) is 0 Å². The predicted octanol–water partition coefficient (Wildman–Crippen LogP) is 4.17. The maximum Gasteiger partial charge on any atom is 0.573 e. The zero-order valence-electron chi connectivity index (χ0n) is 6.35. The Hall–Kier alpha value is -1.19. The summed E-state index contributed by atoms with van der Waals surface area (Å²) in [5, 5.41) is 0. The first-order chi connectivity index (χ1) is 5.47. The van der Waals surface area contributed by atoms with Gasteiger partial charge in [0.1, 0.15) is 5.75 Å². The molecule has 1 aromatic rings.